The second-order valence-electron chi connectivity index (χ2n) is 2.93. The minimum atomic E-state index is -3.56. The molecule has 0 saturated carbocycles. The van der Waals surface area contributed by atoms with E-state index in [1.807, 2.05) is 0 Å². The number of aliphatic carboxylic acids is 1. The zero-order valence-corrected chi connectivity index (χ0v) is 8.70. The van der Waals surface area contributed by atoms with Crippen LogP contribution in [0.2, 0.25) is 0 Å². The van der Waals surface area contributed by atoms with Crippen molar-refractivity contribution in [2.75, 3.05) is 10.5 Å². The Morgan fingerprint density at radius 1 is 1.27 bits per heavy atom. The van der Waals surface area contributed by atoms with Crippen molar-refractivity contribution < 1.29 is 18.3 Å². The number of rotatable bonds is 5. The third kappa shape index (κ3) is 4.46. The van der Waals surface area contributed by atoms with Gasteiger partial charge in [-0.1, -0.05) is 18.2 Å². The van der Waals surface area contributed by atoms with Crippen LogP contribution < -0.4 is 4.72 Å². The molecular formula is C9H11NO4S. The van der Waals surface area contributed by atoms with Crippen molar-refractivity contribution in [3.63, 3.8) is 0 Å². The van der Waals surface area contributed by atoms with Crippen molar-refractivity contribution in [3.05, 3.63) is 30.3 Å². The molecule has 1 aromatic carbocycles. The SMILES string of the molecule is O=C(O)CCS(=O)(=O)Nc1ccccc1. The highest BCUT2D eigenvalue weighted by Gasteiger charge is 2.12. The number of carbonyl (C=O) groups is 1. The summed E-state index contributed by atoms with van der Waals surface area (Å²) in [5.74, 6) is -1.55. The maximum absolute atomic E-state index is 11.3. The van der Waals surface area contributed by atoms with Crippen LogP contribution in [0.25, 0.3) is 0 Å². The summed E-state index contributed by atoms with van der Waals surface area (Å²) in [5.41, 5.74) is 0.433. The summed E-state index contributed by atoms with van der Waals surface area (Å²) in [6.45, 7) is 0. The Kier molecular flexibility index (Phi) is 3.68. The van der Waals surface area contributed by atoms with Crippen LogP contribution in [0, 0.1) is 0 Å². The molecule has 2 N–H and O–H groups in total. The minimum absolute atomic E-state index is 0.401. The number of para-hydroxylation sites is 1. The van der Waals surface area contributed by atoms with Gasteiger partial charge in [0.2, 0.25) is 10.0 Å². The zero-order chi connectivity index (χ0) is 11.3. The highest BCUT2D eigenvalue weighted by molar-refractivity contribution is 7.92. The fourth-order valence-electron chi connectivity index (χ4n) is 0.958. The van der Waals surface area contributed by atoms with E-state index in [2.05, 4.69) is 4.72 Å². The van der Waals surface area contributed by atoms with Gasteiger partial charge in [-0.3, -0.25) is 9.52 Å². The Morgan fingerprint density at radius 2 is 1.87 bits per heavy atom. The van der Waals surface area contributed by atoms with Crippen LogP contribution in [-0.2, 0) is 14.8 Å². The van der Waals surface area contributed by atoms with Crippen LogP contribution in [0.3, 0.4) is 0 Å². The molecule has 5 nitrogen and oxygen atoms in total. The monoisotopic (exact) mass is 229 g/mol. The number of benzene rings is 1. The molecular weight excluding hydrogens is 218 g/mol. The predicted octanol–water partition coefficient (Wildman–Crippen LogP) is 0.903. The number of anilines is 1. The Balaban J connectivity index is 2.61. The van der Waals surface area contributed by atoms with Crippen LogP contribution in [0.15, 0.2) is 30.3 Å². The van der Waals surface area contributed by atoms with Gasteiger partial charge in [0.25, 0.3) is 0 Å². The summed E-state index contributed by atoms with van der Waals surface area (Å²) in [6, 6.07) is 8.33. The van der Waals surface area contributed by atoms with Crippen LogP contribution in [-0.4, -0.2) is 25.2 Å². The quantitative estimate of drug-likeness (QED) is 0.785. The van der Waals surface area contributed by atoms with Crippen LogP contribution >= 0.6 is 0 Å². The van der Waals surface area contributed by atoms with Gasteiger partial charge in [-0.2, -0.15) is 0 Å². The molecule has 0 saturated heterocycles. The summed E-state index contributed by atoms with van der Waals surface area (Å²) in [6.07, 6.45) is -0.401. The Hall–Kier alpha value is -1.56. The van der Waals surface area contributed by atoms with Gasteiger partial charge in [0.15, 0.2) is 0 Å². The summed E-state index contributed by atoms with van der Waals surface area (Å²) < 4.78 is 24.9. The molecule has 0 unspecified atom stereocenters. The third-order valence-corrected chi connectivity index (χ3v) is 2.92. The maximum atomic E-state index is 11.3. The van der Waals surface area contributed by atoms with Gasteiger partial charge in [-0.05, 0) is 12.1 Å². The van der Waals surface area contributed by atoms with Crippen LogP contribution in [0.5, 0.6) is 0 Å². The fourth-order valence-corrected chi connectivity index (χ4v) is 2.00. The summed E-state index contributed by atoms with van der Waals surface area (Å²) in [4.78, 5) is 10.2. The third-order valence-electron chi connectivity index (χ3n) is 1.63. The Morgan fingerprint density at radius 3 is 2.40 bits per heavy atom. The molecule has 0 spiro atoms. The molecule has 1 rings (SSSR count). The Labute approximate surface area is 87.8 Å². The van der Waals surface area contributed by atoms with E-state index in [-0.39, 0.29) is 0 Å². The first-order valence-corrected chi connectivity index (χ1v) is 5.92. The minimum Gasteiger partial charge on any atom is -0.481 e. The Bertz CT molecular complexity index is 427. The number of carboxylic acids is 1. The van der Waals surface area contributed by atoms with Crippen LogP contribution in [0.1, 0.15) is 6.42 Å². The van der Waals surface area contributed by atoms with Gasteiger partial charge < -0.3 is 5.11 Å². The van der Waals surface area contributed by atoms with Crippen molar-refractivity contribution >= 4 is 21.7 Å². The number of carboxylic acid groups (broad SMARTS) is 1. The first-order chi connectivity index (χ1) is 6.99. The average Bonchev–Trinajstić information content (AvgIpc) is 2.16. The zero-order valence-electron chi connectivity index (χ0n) is 7.88. The van der Waals surface area contributed by atoms with E-state index >= 15 is 0 Å². The highest BCUT2D eigenvalue weighted by atomic mass is 32.2. The van der Waals surface area contributed by atoms with E-state index in [1.54, 1.807) is 30.3 Å². The lowest BCUT2D eigenvalue weighted by Gasteiger charge is -2.05. The molecule has 0 heterocycles. The normalized spacial score (nSPS) is 10.9. The second kappa shape index (κ2) is 4.79. The van der Waals surface area contributed by atoms with Crippen molar-refractivity contribution in [1.29, 1.82) is 0 Å². The summed E-state index contributed by atoms with van der Waals surface area (Å²) in [7, 11) is -3.56. The average molecular weight is 229 g/mol. The molecule has 0 bridgehead atoms. The van der Waals surface area contributed by atoms with E-state index in [0.717, 1.165) is 0 Å². The molecule has 0 fully saturated rings. The highest BCUT2D eigenvalue weighted by Crippen LogP contribution is 2.08. The maximum Gasteiger partial charge on any atom is 0.304 e. The second-order valence-corrected chi connectivity index (χ2v) is 4.77. The number of hydrogen-bond donors (Lipinski definition) is 2. The lowest BCUT2D eigenvalue weighted by atomic mass is 10.3. The molecule has 0 atom stereocenters. The number of sulfonamides is 1. The van der Waals surface area contributed by atoms with Gasteiger partial charge in [0, 0.05) is 5.69 Å². The largest absolute Gasteiger partial charge is 0.481 e. The first kappa shape index (κ1) is 11.5. The topological polar surface area (TPSA) is 83.5 Å². The van der Waals surface area contributed by atoms with E-state index in [1.165, 1.54) is 0 Å². The van der Waals surface area contributed by atoms with Crippen LogP contribution in [0.4, 0.5) is 5.69 Å². The van der Waals surface area contributed by atoms with Crippen molar-refractivity contribution in [3.8, 4) is 0 Å². The molecule has 15 heavy (non-hydrogen) atoms. The molecule has 0 radical (unpaired) electrons. The lowest BCUT2D eigenvalue weighted by molar-refractivity contribution is -0.136. The summed E-state index contributed by atoms with van der Waals surface area (Å²) >= 11 is 0. The van der Waals surface area contributed by atoms with Gasteiger partial charge in [-0.15, -0.1) is 0 Å². The first-order valence-electron chi connectivity index (χ1n) is 4.27. The molecule has 0 aromatic heterocycles. The molecule has 0 aliphatic heterocycles. The van der Waals surface area contributed by atoms with E-state index in [4.69, 9.17) is 5.11 Å². The molecule has 0 aliphatic rings. The van der Waals surface area contributed by atoms with Gasteiger partial charge in [-0.25, -0.2) is 8.42 Å². The van der Waals surface area contributed by atoms with Crippen molar-refractivity contribution in [1.82, 2.24) is 0 Å². The van der Waals surface area contributed by atoms with E-state index in [0.29, 0.717) is 5.69 Å². The van der Waals surface area contributed by atoms with E-state index in [9.17, 15) is 13.2 Å². The number of hydrogen-bond acceptors (Lipinski definition) is 3. The standard InChI is InChI=1S/C9H11NO4S/c11-9(12)6-7-15(13,14)10-8-4-2-1-3-5-8/h1-5,10H,6-7H2,(H,11,12). The smallest absolute Gasteiger partial charge is 0.304 e. The molecule has 1 aromatic rings. The summed E-state index contributed by atoms with van der Waals surface area (Å²) in [5, 5.41) is 8.35. The lowest BCUT2D eigenvalue weighted by Crippen LogP contribution is -2.18. The molecule has 82 valence electrons. The fraction of sp³-hybridized carbons (Fsp3) is 0.222. The molecule has 6 heteroatoms. The number of nitrogens with one attached hydrogen (secondary N) is 1. The van der Waals surface area contributed by atoms with Gasteiger partial charge in [0.05, 0.1) is 12.2 Å². The molecule has 0 aliphatic carbocycles. The molecule has 0 amide bonds. The van der Waals surface area contributed by atoms with Crippen molar-refractivity contribution in [2.24, 2.45) is 0 Å². The van der Waals surface area contributed by atoms with Gasteiger partial charge >= 0.3 is 5.97 Å². The predicted molar refractivity (Wildman–Crippen MR) is 56.1 cm³/mol. The van der Waals surface area contributed by atoms with Crippen molar-refractivity contribution in [2.45, 2.75) is 6.42 Å². The van der Waals surface area contributed by atoms with Gasteiger partial charge in [0.1, 0.15) is 0 Å². The van der Waals surface area contributed by atoms with E-state index < -0.39 is 28.2 Å².